The van der Waals surface area contributed by atoms with E-state index in [1.54, 1.807) is 6.92 Å². The first-order valence-electron chi connectivity index (χ1n) is 8.36. The molecule has 0 saturated carbocycles. The maximum atomic E-state index is 12.5. The Morgan fingerprint density at radius 3 is 2.19 bits per heavy atom. The molecule has 1 aromatic carbocycles. The smallest absolute Gasteiger partial charge is 0.271 e. The first kappa shape index (κ1) is 21.9. The Morgan fingerprint density at radius 2 is 1.77 bits per heavy atom. The zero-order chi connectivity index (χ0) is 20.2. The number of carbonyl (C=O) groups excluding carboxylic acids is 1. The highest BCUT2D eigenvalue weighted by molar-refractivity contribution is 7.92. The number of nitrogens with one attached hydrogen (secondary N) is 1. The molecule has 0 unspecified atom stereocenters. The van der Waals surface area contributed by atoms with Gasteiger partial charge in [0.2, 0.25) is 15.9 Å². The van der Waals surface area contributed by atoms with Crippen LogP contribution in [0.25, 0.3) is 0 Å². The minimum absolute atomic E-state index is 0.102. The topological polar surface area (TPSA) is 110 Å². The SMILES string of the molecule is Cc1ccc([N+](=O)[O-])cc1N(CC(=O)NC(C(C)C)C(C)C)S(C)(=O)=O. The number of rotatable bonds is 8. The molecule has 0 radical (unpaired) electrons. The number of hydrogen-bond donors (Lipinski definition) is 1. The largest absolute Gasteiger partial charge is 0.351 e. The summed E-state index contributed by atoms with van der Waals surface area (Å²) < 4.78 is 25.4. The summed E-state index contributed by atoms with van der Waals surface area (Å²) in [4.78, 5) is 22.9. The second kappa shape index (κ2) is 8.48. The Morgan fingerprint density at radius 1 is 1.23 bits per heavy atom. The van der Waals surface area contributed by atoms with E-state index in [4.69, 9.17) is 0 Å². The molecule has 1 amide bonds. The van der Waals surface area contributed by atoms with Crippen molar-refractivity contribution in [1.29, 1.82) is 0 Å². The monoisotopic (exact) mass is 385 g/mol. The van der Waals surface area contributed by atoms with Crippen molar-refractivity contribution in [2.45, 2.75) is 40.7 Å². The number of benzene rings is 1. The van der Waals surface area contributed by atoms with Gasteiger partial charge < -0.3 is 5.32 Å². The quantitative estimate of drug-likeness (QED) is 0.546. The number of anilines is 1. The molecular weight excluding hydrogens is 358 g/mol. The standard InChI is InChI=1S/C17H27N3O5S/c1-11(2)17(12(3)4)18-16(21)10-19(26(6,24)25)15-9-14(20(22)23)8-7-13(15)5/h7-9,11-12,17H,10H2,1-6H3,(H,18,21). The van der Waals surface area contributed by atoms with Crippen LogP contribution in [0.4, 0.5) is 11.4 Å². The highest BCUT2D eigenvalue weighted by atomic mass is 32.2. The van der Waals surface area contributed by atoms with Crippen molar-refractivity contribution in [3.63, 3.8) is 0 Å². The number of nitrogens with zero attached hydrogens (tertiary/aromatic N) is 2. The first-order valence-corrected chi connectivity index (χ1v) is 10.2. The van der Waals surface area contributed by atoms with E-state index < -0.39 is 27.4 Å². The van der Waals surface area contributed by atoms with E-state index >= 15 is 0 Å². The molecule has 0 aliphatic carbocycles. The van der Waals surface area contributed by atoms with Crippen LogP contribution in [0.2, 0.25) is 0 Å². The summed E-state index contributed by atoms with van der Waals surface area (Å²) >= 11 is 0. The van der Waals surface area contributed by atoms with Crippen LogP contribution in [-0.2, 0) is 14.8 Å². The van der Waals surface area contributed by atoms with Gasteiger partial charge in [0.1, 0.15) is 6.54 Å². The zero-order valence-corrected chi connectivity index (χ0v) is 16.8. The summed E-state index contributed by atoms with van der Waals surface area (Å²) in [6, 6.07) is 3.84. The average molecular weight is 385 g/mol. The molecule has 0 saturated heterocycles. The summed E-state index contributed by atoms with van der Waals surface area (Å²) in [6.45, 7) is 9.11. The van der Waals surface area contributed by atoms with E-state index in [0.29, 0.717) is 5.56 Å². The molecule has 9 heteroatoms. The molecular formula is C17H27N3O5S. The lowest BCUT2D eigenvalue weighted by Crippen LogP contribution is -2.47. The number of nitro groups is 1. The maximum absolute atomic E-state index is 12.5. The Bertz CT molecular complexity index is 767. The maximum Gasteiger partial charge on any atom is 0.271 e. The van der Waals surface area contributed by atoms with Gasteiger partial charge in [-0.2, -0.15) is 0 Å². The molecule has 1 aromatic rings. The van der Waals surface area contributed by atoms with E-state index in [1.165, 1.54) is 18.2 Å². The predicted molar refractivity (Wildman–Crippen MR) is 102 cm³/mol. The molecule has 26 heavy (non-hydrogen) atoms. The number of non-ortho nitro benzene ring substituents is 1. The molecule has 8 nitrogen and oxygen atoms in total. The Kier molecular flexibility index (Phi) is 7.14. The van der Waals surface area contributed by atoms with Gasteiger partial charge in [-0.1, -0.05) is 33.8 Å². The van der Waals surface area contributed by atoms with Gasteiger partial charge in [-0.05, 0) is 24.3 Å². The number of amides is 1. The molecule has 0 fully saturated rings. The van der Waals surface area contributed by atoms with E-state index in [9.17, 15) is 23.3 Å². The van der Waals surface area contributed by atoms with Crippen molar-refractivity contribution in [2.24, 2.45) is 11.8 Å². The second-order valence-electron chi connectivity index (χ2n) is 7.08. The Balaban J connectivity index is 3.20. The van der Waals surface area contributed by atoms with Crippen LogP contribution in [0.1, 0.15) is 33.3 Å². The number of aryl methyl sites for hydroxylation is 1. The van der Waals surface area contributed by atoms with Crippen LogP contribution < -0.4 is 9.62 Å². The average Bonchev–Trinajstić information content (AvgIpc) is 2.49. The van der Waals surface area contributed by atoms with Gasteiger partial charge in [0.25, 0.3) is 5.69 Å². The van der Waals surface area contributed by atoms with Crippen molar-refractivity contribution >= 4 is 27.3 Å². The fourth-order valence-electron chi connectivity index (χ4n) is 2.83. The van der Waals surface area contributed by atoms with Gasteiger partial charge in [-0.15, -0.1) is 0 Å². The van der Waals surface area contributed by atoms with Crippen molar-refractivity contribution in [3.8, 4) is 0 Å². The summed E-state index contributed by atoms with van der Waals surface area (Å²) in [5.74, 6) is -0.0795. The summed E-state index contributed by atoms with van der Waals surface area (Å²) in [5, 5.41) is 13.9. The van der Waals surface area contributed by atoms with Gasteiger partial charge in [-0.3, -0.25) is 19.2 Å². The van der Waals surface area contributed by atoms with Crippen molar-refractivity contribution in [1.82, 2.24) is 5.32 Å². The minimum Gasteiger partial charge on any atom is -0.351 e. The second-order valence-corrected chi connectivity index (χ2v) is 8.99. The summed E-state index contributed by atoms with van der Waals surface area (Å²) in [6.07, 6.45) is 0.973. The fourth-order valence-corrected chi connectivity index (χ4v) is 3.73. The lowest BCUT2D eigenvalue weighted by molar-refractivity contribution is -0.384. The molecule has 146 valence electrons. The molecule has 1 rings (SSSR count). The van der Waals surface area contributed by atoms with Crippen molar-refractivity contribution in [2.75, 3.05) is 17.1 Å². The van der Waals surface area contributed by atoms with Crippen LogP contribution in [-0.4, -0.2) is 38.1 Å². The molecule has 0 atom stereocenters. The van der Waals surface area contributed by atoms with Crippen LogP contribution >= 0.6 is 0 Å². The van der Waals surface area contributed by atoms with E-state index in [2.05, 4.69) is 5.32 Å². The number of nitro benzene ring substituents is 1. The first-order chi connectivity index (χ1) is 11.8. The summed E-state index contributed by atoms with van der Waals surface area (Å²) in [5.41, 5.74) is 0.419. The highest BCUT2D eigenvalue weighted by Crippen LogP contribution is 2.27. The minimum atomic E-state index is -3.80. The Labute approximate surface area is 154 Å². The van der Waals surface area contributed by atoms with Crippen molar-refractivity contribution in [3.05, 3.63) is 33.9 Å². The van der Waals surface area contributed by atoms with Gasteiger partial charge in [0, 0.05) is 18.2 Å². The van der Waals surface area contributed by atoms with E-state index in [0.717, 1.165) is 10.6 Å². The Hall–Kier alpha value is -2.16. The van der Waals surface area contributed by atoms with Crippen LogP contribution in [0.3, 0.4) is 0 Å². The molecule has 0 aromatic heterocycles. The molecule has 0 aliphatic rings. The highest BCUT2D eigenvalue weighted by Gasteiger charge is 2.26. The van der Waals surface area contributed by atoms with E-state index in [-0.39, 0.29) is 29.3 Å². The third kappa shape index (κ3) is 5.69. The number of carbonyl (C=O) groups is 1. The molecule has 0 heterocycles. The molecule has 0 spiro atoms. The van der Waals surface area contributed by atoms with Gasteiger partial charge >= 0.3 is 0 Å². The number of sulfonamides is 1. The molecule has 0 bridgehead atoms. The van der Waals surface area contributed by atoms with Crippen LogP contribution in [0.5, 0.6) is 0 Å². The lowest BCUT2D eigenvalue weighted by Gasteiger charge is -2.28. The third-order valence-electron chi connectivity index (χ3n) is 4.12. The third-order valence-corrected chi connectivity index (χ3v) is 5.25. The molecule has 0 aliphatic heterocycles. The van der Waals surface area contributed by atoms with Crippen LogP contribution in [0, 0.1) is 28.9 Å². The van der Waals surface area contributed by atoms with Gasteiger partial charge in [0.05, 0.1) is 16.9 Å². The van der Waals surface area contributed by atoms with Crippen molar-refractivity contribution < 1.29 is 18.1 Å². The fraction of sp³-hybridized carbons (Fsp3) is 0.588. The number of hydrogen-bond acceptors (Lipinski definition) is 5. The summed E-state index contributed by atoms with van der Waals surface area (Å²) in [7, 11) is -3.80. The zero-order valence-electron chi connectivity index (χ0n) is 16.0. The normalized spacial score (nSPS) is 11.9. The van der Waals surface area contributed by atoms with E-state index in [1.807, 2.05) is 27.7 Å². The predicted octanol–water partition coefficient (Wildman–Crippen LogP) is 2.47. The lowest BCUT2D eigenvalue weighted by atomic mass is 9.93. The van der Waals surface area contributed by atoms with Gasteiger partial charge in [-0.25, -0.2) is 8.42 Å². The van der Waals surface area contributed by atoms with Gasteiger partial charge in [0.15, 0.2) is 0 Å². The van der Waals surface area contributed by atoms with Crippen LogP contribution in [0.15, 0.2) is 18.2 Å². The molecule has 1 N–H and O–H groups in total.